The van der Waals surface area contributed by atoms with Gasteiger partial charge in [-0.05, 0) is 12.8 Å². The van der Waals surface area contributed by atoms with Crippen molar-refractivity contribution in [2.24, 2.45) is 5.73 Å². The lowest BCUT2D eigenvalue weighted by Crippen LogP contribution is -2.31. The number of hydrogen-bond acceptors (Lipinski definition) is 2. The second-order valence-electron chi connectivity index (χ2n) is 2.29. The van der Waals surface area contributed by atoms with Crippen molar-refractivity contribution in [3.63, 3.8) is 0 Å². The van der Waals surface area contributed by atoms with Gasteiger partial charge in [-0.15, -0.1) is 12.4 Å². The van der Waals surface area contributed by atoms with E-state index in [2.05, 4.69) is 4.90 Å². The van der Waals surface area contributed by atoms with E-state index < -0.39 is 0 Å². The maximum absolute atomic E-state index is 5.37. The van der Waals surface area contributed by atoms with Crippen molar-refractivity contribution in [1.82, 2.24) is 4.90 Å². The number of rotatable bonds is 1. The first-order valence-electron chi connectivity index (χ1n) is 3.32. The highest BCUT2D eigenvalue weighted by Crippen LogP contribution is 2.07. The first-order chi connectivity index (χ1) is 4.34. The minimum atomic E-state index is 0. The zero-order valence-electron chi connectivity index (χ0n) is 5.88. The Labute approximate surface area is 73.2 Å². The third kappa shape index (κ3) is 2.40. The molecule has 1 aliphatic heterocycles. The fourth-order valence-electron chi connectivity index (χ4n) is 1.10. The standard InChI is InChI=1S/C6H12N2S.ClH/c7-5-6(9)8-3-1-2-4-8;/h1-5,7H2;1H. The van der Waals surface area contributed by atoms with Gasteiger partial charge in [-0.1, -0.05) is 12.2 Å². The summed E-state index contributed by atoms with van der Waals surface area (Å²) in [5.74, 6) is 0. The van der Waals surface area contributed by atoms with E-state index in [0.29, 0.717) is 6.54 Å². The maximum Gasteiger partial charge on any atom is 0.0917 e. The van der Waals surface area contributed by atoms with E-state index in [9.17, 15) is 0 Å². The highest BCUT2D eigenvalue weighted by Gasteiger charge is 2.12. The molecule has 0 aromatic carbocycles. The molecule has 2 N–H and O–H groups in total. The van der Waals surface area contributed by atoms with E-state index in [1.807, 2.05) is 0 Å². The molecule has 1 saturated heterocycles. The van der Waals surface area contributed by atoms with Crippen LogP contribution in [0.2, 0.25) is 0 Å². The summed E-state index contributed by atoms with van der Waals surface area (Å²) in [5.41, 5.74) is 5.37. The zero-order valence-corrected chi connectivity index (χ0v) is 7.51. The Kier molecular flexibility index (Phi) is 4.95. The van der Waals surface area contributed by atoms with E-state index >= 15 is 0 Å². The van der Waals surface area contributed by atoms with Crippen LogP contribution < -0.4 is 5.73 Å². The largest absolute Gasteiger partial charge is 0.365 e. The predicted octanol–water partition coefficient (Wildman–Crippen LogP) is 0.790. The highest BCUT2D eigenvalue weighted by atomic mass is 35.5. The van der Waals surface area contributed by atoms with Crippen molar-refractivity contribution in [3.05, 3.63) is 0 Å². The molecule has 0 saturated carbocycles. The third-order valence-corrected chi connectivity index (χ3v) is 2.06. The van der Waals surface area contributed by atoms with Crippen LogP contribution in [-0.4, -0.2) is 29.5 Å². The molecular formula is C6H13ClN2S. The molecule has 0 aromatic heterocycles. The summed E-state index contributed by atoms with van der Waals surface area (Å²) in [4.78, 5) is 3.11. The Hall–Kier alpha value is 0.140. The van der Waals surface area contributed by atoms with Gasteiger partial charge in [0, 0.05) is 19.6 Å². The minimum Gasteiger partial charge on any atom is -0.365 e. The number of nitrogens with zero attached hydrogens (tertiary/aromatic N) is 1. The molecule has 0 aliphatic carbocycles. The summed E-state index contributed by atoms with van der Waals surface area (Å²) in [6, 6.07) is 0. The molecule has 1 fully saturated rings. The quantitative estimate of drug-likeness (QED) is 0.606. The van der Waals surface area contributed by atoms with E-state index in [1.165, 1.54) is 12.8 Å². The Morgan fingerprint density at radius 1 is 1.40 bits per heavy atom. The molecule has 0 aromatic rings. The first kappa shape index (κ1) is 10.1. The number of hydrogen-bond donors (Lipinski definition) is 1. The second-order valence-corrected chi connectivity index (χ2v) is 2.76. The number of likely N-dealkylation sites (tertiary alicyclic amines) is 1. The van der Waals surface area contributed by atoms with Gasteiger partial charge >= 0.3 is 0 Å². The molecule has 1 heterocycles. The Bertz CT molecular complexity index is 112. The maximum atomic E-state index is 5.37. The van der Waals surface area contributed by atoms with E-state index in [1.54, 1.807) is 0 Å². The van der Waals surface area contributed by atoms with Gasteiger partial charge in [0.1, 0.15) is 0 Å². The molecule has 0 bridgehead atoms. The molecule has 0 spiro atoms. The van der Waals surface area contributed by atoms with E-state index in [-0.39, 0.29) is 12.4 Å². The topological polar surface area (TPSA) is 29.3 Å². The lowest BCUT2D eigenvalue weighted by Gasteiger charge is -2.15. The minimum absolute atomic E-state index is 0. The molecule has 10 heavy (non-hydrogen) atoms. The Morgan fingerprint density at radius 2 is 1.90 bits per heavy atom. The van der Waals surface area contributed by atoms with Crippen LogP contribution in [0.4, 0.5) is 0 Å². The summed E-state index contributed by atoms with van der Waals surface area (Å²) < 4.78 is 0. The van der Waals surface area contributed by atoms with Crippen LogP contribution in [0, 0.1) is 0 Å². The van der Waals surface area contributed by atoms with Gasteiger partial charge in [-0.2, -0.15) is 0 Å². The molecule has 0 atom stereocenters. The number of nitrogens with two attached hydrogens (primary N) is 1. The molecule has 60 valence electrons. The van der Waals surface area contributed by atoms with Crippen molar-refractivity contribution in [2.75, 3.05) is 19.6 Å². The average Bonchev–Trinajstić information content (AvgIpc) is 2.37. The van der Waals surface area contributed by atoms with Crippen molar-refractivity contribution >= 4 is 29.6 Å². The fourth-order valence-corrected chi connectivity index (χ4v) is 1.28. The Balaban J connectivity index is 0.000000810. The van der Waals surface area contributed by atoms with Gasteiger partial charge in [0.15, 0.2) is 0 Å². The SMILES string of the molecule is Cl.NCC(=S)N1CCCC1. The van der Waals surface area contributed by atoms with Gasteiger partial charge in [0.25, 0.3) is 0 Å². The van der Waals surface area contributed by atoms with E-state index in [4.69, 9.17) is 18.0 Å². The molecule has 0 radical (unpaired) electrons. The molecular weight excluding hydrogens is 168 g/mol. The normalized spacial score (nSPS) is 16.7. The monoisotopic (exact) mass is 180 g/mol. The molecule has 0 unspecified atom stereocenters. The smallest absolute Gasteiger partial charge is 0.0917 e. The van der Waals surface area contributed by atoms with E-state index in [0.717, 1.165) is 18.1 Å². The second kappa shape index (κ2) is 4.88. The van der Waals surface area contributed by atoms with Crippen molar-refractivity contribution < 1.29 is 0 Å². The van der Waals surface area contributed by atoms with Crippen molar-refractivity contribution in [3.8, 4) is 0 Å². The van der Waals surface area contributed by atoms with Crippen LogP contribution in [0.5, 0.6) is 0 Å². The summed E-state index contributed by atoms with van der Waals surface area (Å²) in [6.07, 6.45) is 2.56. The molecule has 0 amide bonds. The van der Waals surface area contributed by atoms with Gasteiger partial charge in [-0.3, -0.25) is 0 Å². The van der Waals surface area contributed by atoms with Gasteiger partial charge in [0.05, 0.1) is 4.99 Å². The van der Waals surface area contributed by atoms with Crippen LogP contribution in [0.25, 0.3) is 0 Å². The first-order valence-corrected chi connectivity index (χ1v) is 3.73. The summed E-state index contributed by atoms with van der Waals surface area (Å²) in [5, 5.41) is 0. The van der Waals surface area contributed by atoms with Crippen LogP contribution in [-0.2, 0) is 0 Å². The molecule has 4 heteroatoms. The summed E-state index contributed by atoms with van der Waals surface area (Å²) in [7, 11) is 0. The van der Waals surface area contributed by atoms with Crippen molar-refractivity contribution in [1.29, 1.82) is 0 Å². The zero-order chi connectivity index (χ0) is 6.69. The summed E-state index contributed by atoms with van der Waals surface area (Å²) >= 11 is 5.02. The van der Waals surface area contributed by atoms with Crippen LogP contribution >= 0.6 is 24.6 Å². The summed E-state index contributed by atoms with van der Waals surface area (Å²) in [6.45, 7) is 2.78. The third-order valence-electron chi connectivity index (χ3n) is 1.63. The molecule has 1 rings (SSSR count). The fraction of sp³-hybridized carbons (Fsp3) is 0.833. The Morgan fingerprint density at radius 3 is 2.30 bits per heavy atom. The predicted molar refractivity (Wildman–Crippen MR) is 49.7 cm³/mol. The van der Waals surface area contributed by atoms with Gasteiger partial charge in [-0.25, -0.2) is 0 Å². The number of thiocarbonyl (C=S) groups is 1. The van der Waals surface area contributed by atoms with Crippen LogP contribution in [0.15, 0.2) is 0 Å². The van der Waals surface area contributed by atoms with Gasteiger partial charge < -0.3 is 10.6 Å². The highest BCUT2D eigenvalue weighted by molar-refractivity contribution is 7.80. The van der Waals surface area contributed by atoms with Gasteiger partial charge in [0.2, 0.25) is 0 Å². The average molecular weight is 181 g/mol. The lowest BCUT2D eigenvalue weighted by molar-refractivity contribution is 0.522. The number of halogens is 1. The van der Waals surface area contributed by atoms with Crippen LogP contribution in [0.1, 0.15) is 12.8 Å². The molecule has 2 nitrogen and oxygen atoms in total. The van der Waals surface area contributed by atoms with Crippen LogP contribution in [0.3, 0.4) is 0 Å². The lowest BCUT2D eigenvalue weighted by atomic mass is 10.4. The van der Waals surface area contributed by atoms with Crippen molar-refractivity contribution in [2.45, 2.75) is 12.8 Å². The molecule has 1 aliphatic rings.